The summed E-state index contributed by atoms with van der Waals surface area (Å²) in [5, 5.41) is 0. The van der Waals surface area contributed by atoms with Gasteiger partial charge in [0.15, 0.2) is 0 Å². The molecule has 2 nitrogen and oxygen atoms in total. The third kappa shape index (κ3) is 9.44. The first-order chi connectivity index (χ1) is 0. The molecule has 0 amide bonds. The van der Waals surface area contributed by atoms with Gasteiger partial charge in [-0.25, -0.2) is 0 Å². The summed E-state index contributed by atoms with van der Waals surface area (Å²) in [4.78, 5) is 0. The Balaban J connectivity index is 0. The quantitative estimate of drug-likeness (QED) is 0.447. The molecule has 0 bridgehead atoms. The van der Waals surface area contributed by atoms with Gasteiger partial charge in [-0.3, -0.25) is 0 Å². The Morgan fingerprint density at radius 3 is 0.750 bits per heavy atom. The van der Waals surface area contributed by atoms with Crippen molar-refractivity contribution in [3.05, 3.63) is 0 Å². The van der Waals surface area contributed by atoms with Crippen molar-refractivity contribution in [2.45, 2.75) is 0 Å². The van der Waals surface area contributed by atoms with Crippen molar-refractivity contribution >= 4 is 0 Å². The van der Waals surface area contributed by atoms with E-state index in [2.05, 4.69) is 0 Å². The van der Waals surface area contributed by atoms with E-state index in [4.69, 9.17) is 0 Å². The Morgan fingerprint density at radius 2 is 0.750 bits per heavy atom. The zero-order valence-corrected chi connectivity index (χ0v) is 6.76. The maximum atomic E-state index is 0. The van der Waals surface area contributed by atoms with Gasteiger partial charge in [0.1, 0.15) is 0 Å². The van der Waals surface area contributed by atoms with Crippen LogP contribution in [-0.4, -0.2) is 11.0 Å². The van der Waals surface area contributed by atoms with Crippen LogP contribution in [0.5, 0.6) is 0 Å². The van der Waals surface area contributed by atoms with Crippen LogP contribution in [0.3, 0.4) is 0 Å². The molecule has 0 saturated heterocycles. The second-order valence-electron chi connectivity index (χ2n) is 0. The van der Waals surface area contributed by atoms with Gasteiger partial charge in [0.2, 0.25) is 0 Å². The van der Waals surface area contributed by atoms with Crippen molar-refractivity contribution in [1.82, 2.24) is 0 Å². The summed E-state index contributed by atoms with van der Waals surface area (Å²) in [6.45, 7) is 0. The van der Waals surface area contributed by atoms with Gasteiger partial charge >= 0.3 is 0 Å². The number of hydrogen-bond donors (Lipinski definition) is 0. The third-order valence-electron chi connectivity index (χ3n) is 0. The second-order valence-corrected chi connectivity index (χ2v) is 0. The molecule has 4 heteroatoms. The van der Waals surface area contributed by atoms with Gasteiger partial charge < -0.3 is 11.0 Å². The van der Waals surface area contributed by atoms with Crippen LogP contribution in [0.4, 0.5) is 0 Å². The maximum Gasteiger partial charge on any atom is 0 e. The van der Waals surface area contributed by atoms with Crippen LogP contribution in [0, 0.1) is 35.6 Å². The normalized spacial score (nSPS) is 0. The molecule has 0 aliphatic carbocycles. The smallest absolute Gasteiger partial charge is 0 e. The van der Waals surface area contributed by atoms with Gasteiger partial charge in [-0.05, 0) is 0 Å². The van der Waals surface area contributed by atoms with Crippen LogP contribution in [0.2, 0.25) is 0 Å². The summed E-state index contributed by atoms with van der Waals surface area (Å²) in [6, 6.07) is 0. The molecule has 0 fully saturated rings. The molecular weight excluding hydrogens is 226 g/mol. The van der Waals surface area contributed by atoms with Crippen LogP contribution >= 0.6 is 0 Å². The van der Waals surface area contributed by atoms with E-state index in [1.165, 1.54) is 0 Å². The van der Waals surface area contributed by atoms with Gasteiger partial charge in [0.05, 0.1) is 0 Å². The maximum absolute atomic E-state index is 0. The van der Waals surface area contributed by atoms with Crippen molar-refractivity contribution in [3.8, 4) is 0 Å². The van der Waals surface area contributed by atoms with Gasteiger partial charge in [0.25, 0.3) is 0 Å². The topological polar surface area (TPSA) is 63.0 Å². The van der Waals surface area contributed by atoms with Crippen molar-refractivity contribution < 1.29 is 63.6 Å². The summed E-state index contributed by atoms with van der Waals surface area (Å²) < 4.78 is 0. The zero-order valence-electron chi connectivity index (χ0n) is 1.96. The second kappa shape index (κ2) is 22.9. The summed E-state index contributed by atoms with van der Waals surface area (Å²) in [6.07, 6.45) is 0. The summed E-state index contributed by atoms with van der Waals surface area (Å²) in [5.74, 6) is 0. The van der Waals surface area contributed by atoms with E-state index in [9.17, 15) is 0 Å². The monoisotopic (exact) mass is 230 g/mol. The van der Waals surface area contributed by atoms with Crippen LogP contribution in [-0.2, 0) is 17.1 Å². The Hall–Kier alpha value is 1.63. The van der Waals surface area contributed by atoms with Crippen LogP contribution in [0.25, 0.3) is 0 Å². The molecular formula is H4LaMnO2. The first-order valence-electron chi connectivity index (χ1n) is 0. The Kier molecular flexibility index (Phi) is 260. The van der Waals surface area contributed by atoms with E-state index in [1.807, 2.05) is 0 Å². The summed E-state index contributed by atoms with van der Waals surface area (Å²) in [5.41, 5.74) is 0. The van der Waals surface area contributed by atoms with Gasteiger partial charge in [0, 0.05) is 52.7 Å². The first-order valence-corrected chi connectivity index (χ1v) is 0. The van der Waals surface area contributed by atoms with Crippen LogP contribution in [0.1, 0.15) is 0 Å². The Morgan fingerprint density at radius 1 is 0.750 bits per heavy atom. The minimum Gasteiger partial charge on any atom is -0.412 e. The summed E-state index contributed by atoms with van der Waals surface area (Å²) >= 11 is 0. The Bertz CT molecular complexity index is 6.00. The molecule has 26 valence electrons. The fourth-order valence-corrected chi connectivity index (χ4v) is 0. The van der Waals surface area contributed by atoms with Crippen molar-refractivity contribution in [1.29, 1.82) is 0 Å². The van der Waals surface area contributed by atoms with E-state index in [-0.39, 0.29) is 63.6 Å². The van der Waals surface area contributed by atoms with Crippen LogP contribution < -0.4 is 0 Å². The van der Waals surface area contributed by atoms with Crippen molar-refractivity contribution in [2.75, 3.05) is 0 Å². The zero-order chi connectivity index (χ0) is 0. The SMILES string of the molecule is O.O.[La].[Mn]. The molecule has 0 heterocycles. The summed E-state index contributed by atoms with van der Waals surface area (Å²) in [7, 11) is 0. The van der Waals surface area contributed by atoms with E-state index in [1.54, 1.807) is 0 Å². The van der Waals surface area contributed by atoms with Crippen molar-refractivity contribution in [2.24, 2.45) is 0 Å². The molecule has 4 N–H and O–H groups in total. The molecule has 4 heavy (non-hydrogen) atoms. The molecule has 0 atom stereocenters. The molecule has 0 aliphatic heterocycles. The molecule has 0 aromatic carbocycles. The van der Waals surface area contributed by atoms with E-state index in [0.29, 0.717) is 0 Å². The minimum absolute atomic E-state index is 0. The predicted molar refractivity (Wildman–Crippen MR) is 7.23 cm³/mol. The molecule has 0 spiro atoms. The molecule has 0 unspecified atom stereocenters. The van der Waals surface area contributed by atoms with E-state index in [0.717, 1.165) is 0 Å². The largest absolute Gasteiger partial charge is 0.412 e. The fourth-order valence-electron chi connectivity index (χ4n) is 0. The van der Waals surface area contributed by atoms with E-state index < -0.39 is 0 Å². The molecule has 0 saturated carbocycles. The van der Waals surface area contributed by atoms with Crippen molar-refractivity contribution in [3.63, 3.8) is 0 Å². The van der Waals surface area contributed by atoms with Gasteiger partial charge in [-0.1, -0.05) is 0 Å². The van der Waals surface area contributed by atoms with E-state index >= 15 is 0 Å². The molecule has 0 aromatic rings. The third-order valence-corrected chi connectivity index (χ3v) is 0. The standard InChI is InChI=1S/La.Mn.2H2O/h;;2*1H2. The van der Waals surface area contributed by atoms with Gasteiger partial charge in [-0.2, -0.15) is 0 Å². The van der Waals surface area contributed by atoms with Gasteiger partial charge in [-0.15, -0.1) is 0 Å². The molecule has 2 radical (unpaired) electrons. The number of rotatable bonds is 0. The predicted octanol–water partition coefficient (Wildman–Crippen LogP) is -1.65. The number of hydrogen-bond acceptors (Lipinski definition) is 0. The van der Waals surface area contributed by atoms with Crippen LogP contribution in [0.15, 0.2) is 0 Å². The molecule has 0 aromatic heterocycles. The average Bonchev–Trinajstić information content (AvgIpc) is 0. The first kappa shape index (κ1) is 45.3. The minimum atomic E-state index is 0. The molecule has 0 rings (SSSR count). The fraction of sp³-hybridized carbons (Fsp3) is 0. The average molecular weight is 230 g/mol. The molecule has 0 aliphatic rings. The Labute approximate surface area is 63.0 Å².